The van der Waals surface area contributed by atoms with Crippen molar-refractivity contribution in [1.29, 1.82) is 0 Å². The molecule has 0 aliphatic heterocycles. The molecule has 0 radical (unpaired) electrons. The van der Waals surface area contributed by atoms with Gasteiger partial charge < -0.3 is 5.32 Å². The maximum Gasteiger partial charge on any atom is 0.251 e. The smallest absolute Gasteiger partial charge is 0.251 e. The van der Waals surface area contributed by atoms with E-state index in [1.165, 1.54) is 9.70 Å². The van der Waals surface area contributed by atoms with Gasteiger partial charge in [-0.15, -0.1) is 10.2 Å². The molecule has 1 heterocycles. The molecule has 0 bridgehead atoms. The van der Waals surface area contributed by atoms with Crippen LogP contribution in [0, 0.1) is 13.8 Å². The van der Waals surface area contributed by atoms with Crippen LogP contribution in [-0.4, -0.2) is 43.6 Å². The second kappa shape index (κ2) is 9.70. The Morgan fingerprint density at radius 2 is 1.79 bits per heavy atom. The molecule has 1 atom stereocenters. The summed E-state index contributed by atoms with van der Waals surface area (Å²) in [5.74, 6) is -0.179. The topological polar surface area (TPSA) is 93.0 Å². The first-order valence-corrected chi connectivity index (χ1v) is 11.1. The largest absolute Gasteiger partial charge is 0.350 e. The first-order chi connectivity index (χ1) is 15.4. The number of nitrogens with one attached hydrogen (secondary N) is 1. The lowest BCUT2D eigenvalue weighted by Gasteiger charge is -2.32. The van der Waals surface area contributed by atoms with Gasteiger partial charge in [-0.25, -0.2) is 0 Å². The molecule has 33 heavy (non-hydrogen) atoms. The number of halogens is 1. The Bertz CT molecular complexity index is 1150. The van der Waals surface area contributed by atoms with Gasteiger partial charge in [-0.2, -0.15) is 4.80 Å². The highest BCUT2D eigenvalue weighted by molar-refractivity contribution is 6.30. The molecule has 0 saturated heterocycles. The van der Waals surface area contributed by atoms with Crippen LogP contribution >= 0.6 is 11.6 Å². The third kappa shape index (κ3) is 6.16. The van der Waals surface area contributed by atoms with E-state index in [0.717, 1.165) is 16.7 Å². The molecule has 2 amide bonds. The van der Waals surface area contributed by atoms with Crippen molar-refractivity contribution in [3.63, 3.8) is 0 Å². The Hall–Kier alpha value is -3.26. The molecule has 1 aromatic heterocycles. The second-order valence-corrected chi connectivity index (χ2v) is 9.56. The maximum atomic E-state index is 13.5. The van der Waals surface area contributed by atoms with Crippen molar-refractivity contribution >= 4 is 29.1 Å². The number of rotatable bonds is 6. The Labute approximate surface area is 198 Å². The lowest BCUT2D eigenvalue weighted by atomic mass is 10.1. The predicted molar refractivity (Wildman–Crippen MR) is 129 cm³/mol. The molecular formula is C24H29ClN6O2. The van der Waals surface area contributed by atoms with Crippen molar-refractivity contribution in [3.8, 4) is 11.4 Å². The molecule has 0 spiro atoms. The fourth-order valence-electron chi connectivity index (χ4n) is 3.35. The van der Waals surface area contributed by atoms with Crippen LogP contribution in [0.3, 0.4) is 0 Å². The van der Waals surface area contributed by atoms with Gasteiger partial charge in [-0.3, -0.25) is 14.5 Å². The lowest BCUT2D eigenvalue weighted by Crippen LogP contribution is -2.53. The average Bonchev–Trinajstić information content (AvgIpc) is 3.18. The van der Waals surface area contributed by atoms with E-state index in [1.54, 1.807) is 31.2 Å². The van der Waals surface area contributed by atoms with Gasteiger partial charge in [-0.1, -0.05) is 23.7 Å². The summed E-state index contributed by atoms with van der Waals surface area (Å²) < 4.78 is 0. The van der Waals surface area contributed by atoms with Gasteiger partial charge >= 0.3 is 0 Å². The highest BCUT2D eigenvalue weighted by Crippen LogP contribution is 2.25. The molecule has 3 aromatic rings. The summed E-state index contributed by atoms with van der Waals surface area (Å²) in [5, 5.41) is 16.0. The molecule has 1 N–H and O–H groups in total. The Morgan fingerprint density at radius 3 is 2.42 bits per heavy atom. The Kier molecular flexibility index (Phi) is 7.17. The zero-order valence-electron chi connectivity index (χ0n) is 19.8. The summed E-state index contributed by atoms with van der Waals surface area (Å²) in [5.41, 5.74) is 2.86. The van der Waals surface area contributed by atoms with Gasteiger partial charge in [0, 0.05) is 21.8 Å². The number of hydrogen-bond donors (Lipinski definition) is 1. The number of anilines is 1. The average molecular weight is 469 g/mol. The first kappa shape index (κ1) is 24.4. The van der Waals surface area contributed by atoms with Crippen molar-refractivity contribution in [2.45, 2.75) is 59.7 Å². The second-order valence-electron chi connectivity index (χ2n) is 9.12. The minimum atomic E-state index is -0.739. The minimum Gasteiger partial charge on any atom is -0.350 e. The molecule has 0 unspecified atom stereocenters. The molecule has 2 aromatic carbocycles. The van der Waals surface area contributed by atoms with Crippen LogP contribution < -0.4 is 10.2 Å². The summed E-state index contributed by atoms with van der Waals surface area (Å²) >= 11 is 5.94. The molecule has 8 nitrogen and oxygen atoms in total. The summed E-state index contributed by atoms with van der Waals surface area (Å²) in [6.45, 7) is 11.1. The normalized spacial score (nSPS) is 12.3. The maximum absolute atomic E-state index is 13.5. The molecule has 0 fully saturated rings. The van der Waals surface area contributed by atoms with E-state index >= 15 is 0 Å². The van der Waals surface area contributed by atoms with Gasteiger partial charge in [0.2, 0.25) is 11.7 Å². The number of amides is 2. The Morgan fingerprint density at radius 1 is 1.12 bits per heavy atom. The van der Waals surface area contributed by atoms with Crippen molar-refractivity contribution in [2.24, 2.45) is 0 Å². The van der Waals surface area contributed by atoms with Crippen LogP contribution in [0.1, 0.15) is 38.8 Å². The molecule has 0 saturated carbocycles. The highest BCUT2D eigenvalue weighted by Gasteiger charge is 2.31. The number of benzene rings is 2. The third-order valence-electron chi connectivity index (χ3n) is 4.99. The molecule has 3 rings (SSSR count). The van der Waals surface area contributed by atoms with E-state index in [2.05, 4.69) is 20.7 Å². The molecular weight excluding hydrogens is 440 g/mol. The first-order valence-electron chi connectivity index (χ1n) is 10.7. The monoisotopic (exact) mass is 468 g/mol. The standard InChI is InChI=1S/C24H29ClN6O2/c1-15-7-8-16(2)20(13-15)31(17(3)23(33)26-24(4,5)6)21(32)14-30-28-22(27-29-30)18-9-11-19(25)12-10-18/h7-13,17H,14H2,1-6H3,(H,26,33)/t17-/m0/s1. The van der Waals surface area contributed by atoms with Gasteiger partial charge in [0.05, 0.1) is 0 Å². The SMILES string of the molecule is Cc1ccc(C)c(N(C(=O)Cn2nnc(-c3ccc(Cl)cc3)n2)[C@@H](C)C(=O)NC(C)(C)C)c1. The van der Waals surface area contributed by atoms with Crippen molar-refractivity contribution in [1.82, 2.24) is 25.5 Å². The number of aromatic nitrogens is 4. The number of aryl methyl sites for hydroxylation is 2. The summed E-state index contributed by atoms with van der Waals surface area (Å²) in [6, 6.07) is 12.1. The van der Waals surface area contributed by atoms with Crippen LogP contribution in [0.15, 0.2) is 42.5 Å². The number of tetrazole rings is 1. The number of hydrogen-bond acceptors (Lipinski definition) is 5. The summed E-state index contributed by atoms with van der Waals surface area (Å²) in [7, 11) is 0. The third-order valence-corrected chi connectivity index (χ3v) is 5.24. The quantitative estimate of drug-likeness (QED) is 0.591. The van der Waals surface area contributed by atoms with Crippen LogP contribution in [0.2, 0.25) is 5.02 Å². The van der Waals surface area contributed by atoms with E-state index in [-0.39, 0.29) is 18.4 Å². The van der Waals surface area contributed by atoms with Gasteiger partial charge in [-0.05, 0) is 88.2 Å². The zero-order chi connectivity index (χ0) is 24.3. The summed E-state index contributed by atoms with van der Waals surface area (Å²) in [6.07, 6.45) is 0. The van der Waals surface area contributed by atoms with Crippen LogP contribution in [0.25, 0.3) is 11.4 Å². The number of carbonyl (C=O) groups excluding carboxylic acids is 2. The lowest BCUT2D eigenvalue weighted by molar-refractivity contribution is -0.127. The number of nitrogens with zero attached hydrogens (tertiary/aromatic N) is 5. The van der Waals surface area contributed by atoms with Gasteiger partial charge in [0.15, 0.2) is 0 Å². The van der Waals surface area contributed by atoms with Gasteiger partial charge in [0.1, 0.15) is 12.6 Å². The van der Waals surface area contributed by atoms with Crippen LogP contribution in [-0.2, 0) is 16.1 Å². The van der Waals surface area contributed by atoms with Crippen LogP contribution in [0.4, 0.5) is 5.69 Å². The van der Waals surface area contributed by atoms with E-state index in [1.807, 2.05) is 52.8 Å². The Balaban J connectivity index is 1.90. The van der Waals surface area contributed by atoms with Gasteiger partial charge in [0.25, 0.3) is 5.91 Å². The molecule has 0 aliphatic carbocycles. The summed E-state index contributed by atoms with van der Waals surface area (Å²) in [4.78, 5) is 29.2. The molecule has 0 aliphatic rings. The van der Waals surface area contributed by atoms with Crippen LogP contribution in [0.5, 0.6) is 0 Å². The van der Waals surface area contributed by atoms with Crippen molar-refractivity contribution in [2.75, 3.05) is 4.90 Å². The predicted octanol–water partition coefficient (Wildman–Crippen LogP) is 3.95. The van der Waals surface area contributed by atoms with E-state index in [4.69, 9.17) is 11.6 Å². The number of carbonyl (C=O) groups is 2. The van der Waals surface area contributed by atoms with Crippen molar-refractivity contribution < 1.29 is 9.59 Å². The van der Waals surface area contributed by atoms with E-state index in [0.29, 0.717) is 16.5 Å². The molecule has 174 valence electrons. The van der Waals surface area contributed by atoms with E-state index in [9.17, 15) is 9.59 Å². The fourth-order valence-corrected chi connectivity index (χ4v) is 3.48. The highest BCUT2D eigenvalue weighted by atomic mass is 35.5. The molecule has 9 heteroatoms. The van der Waals surface area contributed by atoms with E-state index < -0.39 is 11.6 Å². The fraction of sp³-hybridized carbons (Fsp3) is 0.375. The zero-order valence-corrected chi connectivity index (χ0v) is 20.5. The van der Waals surface area contributed by atoms with Crippen molar-refractivity contribution in [3.05, 3.63) is 58.6 Å². The minimum absolute atomic E-state index is 0.166.